The van der Waals surface area contributed by atoms with E-state index in [1.54, 1.807) is 11.3 Å². The first-order valence-electron chi connectivity index (χ1n) is 4.04. The lowest BCUT2D eigenvalue weighted by molar-refractivity contribution is 0.916. The van der Waals surface area contributed by atoms with Gasteiger partial charge in [-0.15, -0.1) is 11.3 Å². The molecule has 1 saturated carbocycles. The molecule has 0 saturated heterocycles. The van der Waals surface area contributed by atoms with E-state index in [9.17, 15) is 0 Å². The number of thiazole rings is 1. The van der Waals surface area contributed by atoms with Crippen molar-refractivity contribution in [1.29, 1.82) is 0 Å². The van der Waals surface area contributed by atoms with Gasteiger partial charge in [0.2, 0.25) is 0 Å². The van der Waals surface area contributed by atoms with E-state index in [2.05, 4.69) is 10.4 Å². The van der Waals surface area contributed by atoms with E-state index >= 15 is 0 Å². The Balaban J connectivity index is 2.06. The van der Waals surface area contributed by atoms with Crippen molar-refractivity contribution in [1.82, 2.24) is 4.98 Å². The van der Waals surface area contributed by atoms with Crippen molar-refractivity contribution in [3.63, 3.8) is 0 Å². The maximum absolute atomic E-state index is 5.43. The van der Waals surface area contributed by atoms with Crippen LogP contribution in [0, 0.1) is 0 Å². The number of hydrogen-bond donors (Lipinski definition) is 1. The van der Waals surface area contributed by atoms with Gasteiger partial charge in [0.15, 0.2) is 0 Å². The van der Waals surface area contributed by atoms with E-state index in [1.807, 2.05) is 0 Å². The van der Waals surface area contributed by atoms with Crippen molar-refractivity contribution >= 4 is 11.3 Å². The minimum atomic E-state index is 0.716. The summed E-state index contributed by atoms with van der Waals surface area (Å²) in [5, 5.41) is 3.47. The molecule has 0 radical (unpaired) electrons. The van der Waals surface area contributed by atoms with Crippen molar-refractivity contribution in [3.8, 4) is 0 Å². The first kappa shape index (κ1) is 7.25. The smallest absolute Gasteiger partial charge is 0.0959 e. The first-order chi connectivity index (χ1) is 5.40. The fourth-order valence-corrected chi connectivity index (χ4v) is 2.13. The van der Waals surface area contributed by atoms with Crippen LogP contribution in [0.25, 0.3) is 0 Å². The predicted molar refractivity (Wildman–Crippen MR) is 46.8 cm³/mol. The van der Waals surface area contributed by atoms with Crippen LogP contribution in [-0.4, -0.2) is 11.5 Å². The van der Waals surface area contributed by atoms with Crippen LogP contribution in [0.2, 0.25) is 0 Å². The molecule has 1 aliphatic rings. The van der Waals surface area contributed by atoms with Crippen molar-refractivity contribution in [2.75, 3.05) is 6.54 Å². The second-order valence-electron chi connectivity index (χ2n) is 2.99. The zero-order valence-electron chi connectivity index (χ0n) is 6.42. The SMILES string of the molecule is NCCc1csc(C2CC2)n1. The molecule has 0 bridgehead atoms. The minimum Gasteiger partial charge on any atom is -0.330 e. The van der Waals surface area contributed by atoms with Crippen LogP contribution in [0.15, 0.2) is 5.38 Å². The lowest BCUT2D eigenvalue weighted by Crippen LogP contribution is -2.02. The van der Waals surface area contributed by atoms with Crippen LogP contribution >= 0.6 is 11.3 Å². The second kappa shape index (κ2) is 2.91. The van der Waals surface area contributed by atoms with E-state index in [1.165, 1.54) is 23.5 Å². The zero-order chi connectivity index (χ0) is 7.68. The lowest BCUT2D eigenvalue weighted by Gasteiger charge is -1.88. The largest absolute Gasteiger partial charge is 0.330 e. The first-order valence-corrected chi connectivity index (χ1v) is 4.92. The van der Waals surface area contributed by atoms with E-state index in [4.69, 9.17) is 5.73 Å². The fraction of sp³-hybridized carbons (Fsp3) is 0.625. The molecule has 1 fully saturated rings. The molecule has 0 aliphatic heterocycles. The van der Waals surface area contributed by atoms with Gasteiger partial charge in [0, 0.05) is 17.7 Å². The lowest BCUT2D eigenvalue weighted by atomic mass is 10.3. The predicted octanol–water partition coefficient (Wildman–Crippen LogP) is 1.52. The third kappa shape index (κ3) is 1.60. The van der Waals surface area contributed by atoms with Crippen molar-refractivity contribution < 1.29 is 0 Å². The third-order valence-corrected chi connectivity index (χ3v) is 2.95. The molecule has 0 aromatic carbocycles. The van der Waals surface area contributed by atoms with Crippen LogP contribution in [-0.2, 0) is 6.42 Å². The van der Waals surface area contributed by atoms with Crippen LogP contribution < -0.4 is 5.73 Å². The van der Waals surface area contributed by atoms with Crippen molar-refractivity contribution in [2.45, 2.75) is 25.2 Å². The van der Waals surface area contributed by atoms with Crippen LogP contribution in [0.3, 0.4) is 0 Å². The van der Waals surface area contributed by atoms with Gasteiger partial charge in [-0.3, -0.25) is 0 Å². The number of hydrogen-bond acceptors (Lipinski definition) is 3. The summed E-state index contributed by atoms with van der Waals surface area (Å²) in [6, 6.07) is 0. The van der Waals surface area contributed by atoms with E-state index in [-0.39, 0.29) is 0 Å². The van der Waals surface area contributed by atoms with Crippen molar-refractivity contribution in [2.24, 2.45) is 5.73 Å². The molecule has 2 nitrogen and oxygen atoms in total. The summed E-state index contributed by atoms with van der Waals surface area (Å²) in [5.41, 5.74) is 6.61. The summed E-state index contributed by atoms with van der Waals surface area (Å²) in [5.74, 6) is 0.798. The Morgan fingerprint density at radius 2 is 2.45 bits per heavy atom. The Morgan fingerprint density at radius 1 is 1.64 bits per heavy atom. The molecule has 0 unspecified atom stereocenters. The molecule has 0 amide bonds. The molecule has 2 rings (SSSR count). The quantitative estimate of drug-likeness (QED) is 0.743. The molecule has 60 valence electrons. The molecule has 0 atom stereocenters. The normalized spacial score (nSPS) is 17.2. The van der Waals surface area contributed by atoms with Gasteiger partial charge in [-0.2, -0.15) is 0 Å². The highest BCUT2D eigenvalue weighted by atomic mass is 32.1. The van der Waals surface area contributed by atoms with Gasteiger partial charge in [0.05, 0.1) is 10.7 Å². The van der Waals surface area contributed by atoms with E-state index < -0.39 is 0 Å². The Hall–Kier alpha value is -0.410. The van der Waals surface area contributed by atoms with Crippen LogP contribution in [0.4, 0.5) is 0 Å². The maximum atomic E-state index is 5.43. The minimum absolute atomic E-state index is 0.716. The second-order valence-corrected chi connectivity index (χ2v) is 3.88. The fourth-order valence-electron chi connectivity index (χ4n) is 1.10. The summed E-state index contributed by atoms with van der Waals surface area (Å²) in [7, 11) is 0. The highest BCUT2D eigenvalue weighted by Gasteiger charge is 2.26. The molecule has 2 N–H and O–H groups in total. The molecule has 11 heavy (non-hydrogen) atoms. The van der Waals surface area contributed by atoms with Gasteiger partial charge in [-0.05, 0) is 19.4 Å². The Bertz CT molecular complexity index is 240. The third-order valence-electron chi connectivity index (χ3n) is 1.90. The van der Waals surface area contributed by atoms with Crippen LogP contribution in [0.1, 0.15) is 29.5 Å². The number of nitrogens with zero attached hydrogens (tertiary/aromatic N) is 1. The maximum Gasteiger partial charge on any atom is 0.0959 e. The average Bonchev–Trinajstić information content (AvgIpc) is 2.75. The van der Waals surface area contributed by atoms with Gasteiger partial charge in [0.1, 0.15) is 0 Å². The Morgan fingerprint density at radius 3 is 3.09 bits per heavy atom. The summed E-state index contributed by atoms with van der Waals surface area (Å²) >= 11 is 1.79. The van der Waals surface area contributed by atoms with Crippen molar-refractivity contribution in [3.05, 3.63) is 16.1 Å². The summed E-state index contributed by atoms with van der Waals surface area (Å²) in [4.78, 5) is 4.50. The average molecular weight is 168 g/mol. The molecular formula is C8H12N2S. The van der Waals surface area contributed by atoms with Gasteiger partial charge >= 0.3 is 0 Å². The highest BCUT2D eigenvalue weighted by Crippen LogP contribution is 2.41. The Kier molecular flexibility index (Phi) is 1.92. The molecule has 1 heterocycles. The number of nitrogens with two attached hydrogens (primary N) is 1. The summed E-state index contributed by atoms with van der Waals surface area (Å²) in [6.07, 6.45) is 3.62. The van der Waals surface area contributed by atoms with E-state index in [0.29, 0.717) is 6.54 Å². The molecule has 0 spiro atoms. The Labute approximate surface area is 70.5 Å². The molecule has 1 aromatic heterocycles. The van der Waals surface area contributed by atoms with Crippen LogP contribution in [0.5, 0.6) is 0 Å². The number of rotatable bonds is 3. The molecule has 1 aliphatic carbocycles. The molecular weight excluding hydrogens is 156 g/mol. The zero-order valence-corrected chi connectivity index (χ0v) is 7.23. The van der Waals surface area contributed by atoms with Gasteiger partial charge in [-0.25, -0.2) is 4.98 Å². The summed E-state index contributed by atoms with van der Waals surface area (Å²) < 4.78 is 0. The molecule has 3 heteroatoms. The van der Waals surface area contributed by atoms with Gasteiger partial charge < -0.3 is 5.73 Å². The topological polar surface area (TPSA) is 38.9 Å². The standard InChI is InChI=1S/C8H12N2S/c9-4-3-7-5-11-8(10-7)6-1-2-6/h5-6H,1-4,9H2. The monoisotopic (exact) mass is 168 g/mol. The summed E-state index contributed by atoms with van der Waals surface area (Å²) in [6.45, 7) is 0.716. The van der Waals surface area contributed by atoms with E-state index in [0.717, 1.165) is 12.3 Å². The highest BCUT2D eigenvalue weighted by molar-refractivity contribution is 7.09. The van der Waals surface area contributed by atoms with Gasteiger partial charge in [0.25, 0.3) is 0 Å². The number of aromatic nitrogens is 1. The molecule has 1 aromatic rings. The van der Waals surface area contributed by atoms with Gasteiger partial charge in [-0.1, -0.05) is 0 Å².